The monoisotopic (exact) mass is 524 g/mol. The molecular weight excluding hydrogens is 507 g/mol. The molecule has 1 aromatic heterocycles. The Kier molecular flexibility index (Phi) is 6.80. The standard InChI is InChI=1S/C20H17IN2O5S/c1-3-28-17(24)11-23-15-9-8-12(19(26)27-2)10-16(15)29-20(23)22-18(25)13-6-4-5-7-14(13)21/h4-10H,3,11H2,1-2H3. The Labute approximate surface area is 184 Å². The molecule has 0 aliphatic carbocycles. The van der Waals surface area contributed by atoms with Gasteiger partial charge < -0.3 is 14.0 Å². The number of ether oxygens (including phenoxy) is 2. The van der Waals surface area contributed by atoms with Crippen LogP contribution in [0.1, 0.15) is 27.6 Å². The van der Waals surface area contributed by atoms with Crippen molar-refractivity contribution < 1.29 is 23.9 Å². The van der Waals surface area contributed by atoms with Crippen molar-refractivity contribution in [2.24, 2.45) is 4.99 Å². The first-order valence-electron chi connectivity index (χ1n) is 8.65. The Morgan fingerprint density at radius 1 is 1.17 bits per heavy atom. The lowest BCUT2D eigenvalue weighted by molar-refractivity contribution is -0.143. The van der Waals surface area contributed by atoms with E-state index in [0.29, 0.717) is 26.1 Å². The number of rotatable bonds is 5. The topological polar surface area (TPSA) is 87.0 Å². The fourth-order valence-corrected chi connectivity index (χ4v) is 4.36. The number of fused-ring (bicyclic) bond motifs is 1. The van der Waals surface area contributed by atoms with Gasteiger partial charge >= 0.3 is 11.9 Å². The van der Waals surface area contributed by atoms with Gasteiger partial charge in [0.05, 0.1) is 35.1 Å². The number of thiazole rings is 1. The van der Waals surface area contributed by atoms with Crippen LogP contribution in [-0.2, 0) is 20.8 Å². The minimum absolute atomic E-state index is 0.0938. The summed E-state index contributed by atoms with van der Waals surface area (Å²) < 4.78 is 12.9. The van der Waals surface area contributed by atoms with E-state index < -0.39 is 17.8 Å². The number of hydrogen-bond donors (Lipinski definition) is 0. The van der Waals surface area contributed by atoms with Crippen LogP contribution in [0.2, 0.25) is 0 Å². The Morgan fingerprint density at radius 2 is 1.93 bits per heavy atom. The second kappa shape index (κ2) is 9.31. The number of halogens is 1. The fourth-order valence-electron chi connectivity index (χ4n) is 2.67. The maximum atomic E-state index is 12.7. The lowest BCUT2D eigenvalue weighted by Crippen LogP contribution is -2.23. The summed E-state index contributed by atoms with van der Waals surface area (Å²) in [5, 5.41) is 0. The molecule has 0 bridgehead atoms. The zero-order valence-corrected chi connectivity index (χ0v) is 18.7. The molecule has 7 nitrogen and oxygen atoms in total. The molecule has 3 rings (SSSR count). The summed E-state index contributed by atoms with van der Waals surface area (Å²) in [5.41, 5.74) is 1.52. The van der Waals surface area contributed by atoms with E-state index in [-0.39, 0.29) is 13.2 Å². The molecule has 1 amide bonds. The molecule has 0 atom stereocenters. The summed E-state index contributed by atoms with van der Waals surface area (Å²) in [7, 11) is 1.31. The maximum absolute atomic E-state index is 12.7. The Hall–Kier alpha value is -2.53. The zero-order valence-electron chi connectivity index (χ0n) is 15.7. The van der Waals surface area contributed by atoms with Gasteiger partial charge in [-0.25, -0.2) is 4.79 Å². The highest BCUT2D eigenvalue weighted by molar-refractivity contribution is 14.1. The van der Waals surface area contributed by atoms with Gasteiger partial charge in [-0.05, 0) is 59.8 Å². The largest absolute Gasteiger partial charge is 0.465 e. The van der Waals surface area contributed by atoms with Crippen LogP contribution in [0.4, 0.5) is 0 Å². The van der Waals surface area contributed by atoms with Crippen molar-refractivity contribution in [2.45, 2.75) is 13.5 Å². The van der Waals surface area contributed by atoms with E-state index in [9.17, 15) is 14.4 Å². The normalized spacial score (nSPS) is 11.5. The summed E-state index contributed by atoms with van der Waals surface area (Å²) in [6, 6.07) is 12.1. The third-order valence-electron chi connectivity index (χ3n) is 4.00. The first-order valence-corrected chi connectivity index (χ1v) is 10.5. The summed E-state index contributed by atoms with van der Waals surface area (Å²) in [6.45, 7) is 1.88. The molecule has 2 aromatic carbocycles. The average Bonchev–Trinajstić information content (AvgIpc) is 3.03. The minimum Gasteiger partial charge on any atom is -0.465 e. The van der Waals surface area contributed by atoms with Crippen LogP contribution in [0.5, 0.6) is 0 Å². The van der Waals surface area contributed by atoms with Gasteiger partial charge in [-0.3, -0.25) is 9.59 Å². The SMILES string of the molecule is CCOC(=O)Cn1c(=NC(=O)c2ccccc2I)sc2cc(C(=O)OC)ccc21. The highest BCUT2D eigenvalue weighted by Crippen LogP contribution is 2.20. The molecule has 0 fully saturated rings. The molecule has 150 valence electrons. The van der Waals surface area contributed by atoms with Crippen molar-refractivity contribution in [3.8, 4) is 0 Å². The molecule has 0 aliphatic heterocycles. The number of benzene rings is 2. The number of carbonyl (C=O) groups excluding carboxylic acids is 3. The van der Waals surface area contributed by atoms with Crippen LogP contribution >= 0.6 is 33.9 Å². The van der Waals surface area contributed by atoms with E-state index in [0.717, 1.165) is 3.57 Å². The van der Waals surface area contributed by atoms with Crippen LogP contribution in [-0.4, -0.2) is 36.1 Å². The van der Waals surface area contributed by atoms with Crippen molar-refractivity contribution in [2.75, 3.05) is 13.7 Å². The van der Waals surface area contributed by atoms with Crippen LogP contribution in [0.15, 0.2) is 47.5 Å². The number of esters is 2. The van der Waals surface area contributed by atoms with Gasteiger partial charge in [0.2, 0.25) is 0 Å². The molecule has 0 unspecified atom stereocenters. The molecular formula is C20H17IN2O5S. The van der Waals surface area contributed by atoms with Gasteiger partial charge in [-0.2, -0.15) is 4.99 Å². The van der Waals surface area contributed by atoms with E-state index in [1.165, 1.54) is 18.4 Å². The third-order valence-corrected chi connectivity index (χ3v) is 5.98. The van der Waals surface area contributed by atoms with Crippen molar-refractivity contribution in [3.63, 3.8) is 0 Å². The Morgan fingerprint density at radius 3 is 2.62 bits per heavy atom. The summed E-state index contributed by atoms with van der Waals surface area (Å²) in [6.07, 6.45) is 0. The Bertz CT molecular complexity index is 1170. The highest BCUT2D eigenvalue weighted by Gasteiger charge is 2.16. The summed E-state index contributed by atoms with van der Waals surface area (Å²) >= 11 is 3.29. The molecule has 0 saturated carbocycles. The minimum atomic E-state index is -0.467. The molecule has 0 spiro atoms. The molecule has 0 saturated heterocycles. The van der Waals surface area contributed by atoms with Gasteiger partial charge in [0, 0.05) is 3.57 Å². The number of methoxy groups -OCH3 is 1. The van der Waals surface area contributed by atoms with Gasteiger partial charge in [0.1, 0.15) is 6.54 Å². The quantitative estimate of drug-likeness (QED) is 0.377. The van der Waals surface area contributed by atoms with Gasteiger partial charge in [-0.15, -0.1) is 0 Å². The number of carbonyl (C=O) groups is 3. The first kappa shape index (κ1) is 21.2. The number of nitrogens with zero attached hydrogens (tertiary/aromatic N) is 2. The number of amides is 1. The lowest BCUT2D eigenvalue weighted by atomic mass is 10.2. The van der Waals surface area contributed by atoms with Crippen LogP contribution < -0.4 is 4.80 Å². The van der Waals surface area contributed by atoms with E-state index in [1.54, 1.807) is 41.8 Å². The molecule has 0 aliphatic rings. The molecule has 1 heterocycles. The molecule has 0 N–H and O–H groups in total. The second-order valence-corrected chi connectivity index (χ2v) is 8.02. The van der Waals surface area contributed by atoms with Crippen molar-refractivity contribution in [1.82, 2.24) is 4.57 Å². The van der Waals surface area contributed by atoms with Crippen LogP contribution in [0.25, 0.3) is 10.2 Å². The molecule has 3 aromatic rings. The van der Waals surface area contributed by atoms with Crippen molar-refractivity contribution in [1.29, 1.82) is 0 Å². The van der Waals surface area contributed by atoms with Crippen molar-refractivity contribution >= 4 is 62.0 Å². The third kappa shape index (κ3) is 4.73. The molecule has 29 heavy (non-hydrogen) atoms. The van der Waals surface area contributed by atoms with E-state index in [1.807, 2.05) is 12.1 Å². The summed E-state index contributed by atoms with van der Waals surface area (Å²) in [4.78, 5) is 41.3. The zero-order chi connectivity index (χ0) is 21.0. The van der Waals surface area contributed by atoms with Gasteiger partial charge in [0.15, 0.2) is 4.80 Å². The first-order chi connectivity index (χ1) is 13.9. The smallest absolute Gasteiger partial charge is 0.337 e. The second-order valence-electron chi connectivity index (χ2n) is 5.85. The lowest BCUT2D eigenvalue weighted by Gasteiger charge is -2.06. The van der Waals surface area contributed by atoms with E-state index >= 15 is 0 Å². The van der Waals surface area contributed by atoms with Crippen molar-refractivity contribution in [3.05, 3.63) is 62.0 Å². The fraction of sp³-hybridized carbons (Fsp3) is 0.200. The number of hydrogen-bond acceptors (Lipinski definition) is 6. The Balaban J connectivity index is 2.15. The van der Waals surface area contributed by atoms with Gasteiger partial charge in [-0.1, -0.05) is 23.5 Å². The predicted molar refractivity (Wildman–Crippen MR) is 117 cm³/mol. The maximum Gasteiger partial charge on any atom is 0.337 e. The average molecular weight is 524 g/mol. The molecule has 0 radical (unpaired) electrons. The number of aromatic nitrogens is 1. The van der Waals surface area contributed by atoms with E-state index in [2.05, 4.69) is 27.6 Å². The van der Waals surface area contributed by atoms with Crippen LogP contribution in [0.3, 0.4) is 0 Å². The summed E-state index contributed by atoms with van der Waals surface area (Å²) in [5.74, 6) is -1.31. The van der Waals surface area contributed by atoms with E-state index in [4.69, 9.17) is 9.47 Å². The van der Waals surface area contributed by atoms with Crippen LogP contribution in [0, 0.1) is 3.57 Å². The van der Waals surface area contributed by atoms with Gasteiger partial charge in [0.25, 0.3) is 5.91 Å². The highest BCUT2D eigenvalue weighted by atomic mass is 127. The predicted octanol–water partition coefficient (Wildman–Crippen LogP) is 3.40. The molecule has 9 heteroatoms.